The Balaban J connectivity index is 2.32. The lowest BCUT2D eigenvalue weighted by Crippen LogP contribution is -2.04. The van der Waals surface area contributed by atoms with Gasteiger partial charge in [0.15, 0.2) is 11.6 Å². The molecular formula is C13H13F2N3O. The topological polar surface area (TPSA) is 47.0 Å². The second kappa shape index (κ2) is 5.60. The molecule has 4 nitrogen and oxygen atoms in total. The molecule has 100 valence electrons. The Hall–Kier alpha value is -2.24. The number of hydrogen-bond acceptors (Lipinski definition) is 4. The Morgan fingerprint density at radius 3 is 2.84 bits per heavy atom. The standard InChI is InChI=1S/C13H13F2N3O/c1-3-16-13-17-7-8(2)12(18-13)19-10-6-4-5-9(14)11(10)15/h4-7H,3H2,1-2H3,(H,16,17,18). The molecule has 1 aromatic carbocycles. The van der Waals surface area contributed by atoms with Crippen LogP contribution in [0.4, 0.5) is 14.7 Å². The van der Waals surface area contributed by atoms with Crippen molar-refractivity contribution >= 4 is 5.95 Å². The van der Waals surface area contributed by atoms with Crippen LogP contribution >= 0.6 is 0 Å². The van der Waals surface area contributed by atoms with Gasteiger partial charge in [-0.3, -0.25) is 0 Å². The summed E-state index contributed by atoms with van der Waals surface area (Å²) in [6, 6.07) is 3.74. The molecule has 0 saturated heterocycles. The van der Waals surface area contributed by atoms with Crippen molar-refractivity contribution in [2.45, 2.75) is 13.8 Å². The third-order valence-electron chi connectivity index (χ3n) is 2.38. The number of anilines is 1. The van der Waals surface area contributed by atoms with Crippen LogP contribution in [-0.2, 0) is 0 Å². The van der Waals surface area contributed by atoms with Crippen LogP contribution in [0.5, 0.6) is 11.6 Å². The quantitative estimate of drug-likeness (QED) is 0.921. The van der Waals surface area contributed by atoms with Crippen LogP contribution in [0, 0.1) is 18.6 Å². The minimum absolute atomic E-state index is 0.190. The van der Waals surface area contributed by atoms with Gasteiger partial charge < -0.3 is 10.1 Å². The summed E-state index contributed by atoms with van der Waals surface area (Å²) in [6.45, 7) is 4.27. The van der Waals surface area contributed by atoms with E-state index in [9.17, 15) is 8.78 Å². The summed E-state index contributed by atoms with van der Waals surface area (Å²) in [5, 5.41) is 2.92. The highest BCUT2D eigenvalue weighted by atomic mass is 19.2. The Morgan fingerprint density at radius 1 is 1.32 bits per heavy atom. The largest absolute Gasteiger partial charge is 0.435 e. The number of ether oxygens (including phenoxy) is 1. The summed E-state index contributed by atoms with van der Waals surface area (Å²) in [5.74, 6) is -1.64. The maximum Gasteiger partial charge on any atom is 0.227 e. The molecule has 19 heavy (non-hydrogen) atoms. The number of aryl methyl sites for hydroxylation is 1. The lowest BCUT2D eigenvalue weighted by molar-refractivity contribution is 0.403. The molecule has 0 radical (unpaired) electrons. The maximum atomic E-state index is 13.5. The molecule has 0 fully saturated rings. The zero-order valence-electron chi connectivity index (χ0n) is 10.6. The lowest BCUT2D eigenvalue weighted by Gasteiger charge is -2.10. The van der Waals surface area contributed by atoms with Gasteiger partial charge in [0.2, 0.25) is 17.6 Å². The van der Waals surface area contributed by atoms with Crippen LogP contribution in [-0.4, -0.2) is 16.5 Å². The van der Waals surface area contributed by atoms with E-state index in [1.165, 1.54) is 12.1 Å². The van der Waals surface area contributed by atoms with E-state index < -0.39 is 11.6 Å². The van der Waals surface area contributed by atoms with E-state index in [0.29, 0.717) is 18.1 Å². The Morgan fingerprint density at radius 2 is 2.11 bits per heavy atom. The van der Waals surface area contributed by atoms with Gasteiger partial charge in [-0.05, 0) is 26.0 Å². The van der Waals surface area contributed by atoms with Gasteiger partial charge in [-0.25, -0.2) is 9.37 Å². The second-order valence-electron chi connectivity index (χ2n) is 3.87. The smallest absolute Gasteiger partial charge is 0.227 e. The van der Waals surface area contributed by atoms with Gasteiger partial charge in [-0.1, -0.05) is 6.07 Å². The highest BCUT2D eigenvalue weighted by molar-refractivity contribution is 5.36. The van der Waals surface area contributed by atoms with E-state index in [-0.39, 0.29) is 11.6 Å². The first-order valence-electron chi connectivity index (χ1n) is 5.81. The fraction of sp³-hybridized carbons (Fsp3) is 0.231. The molecule has 0 unspecified atom stereocenters. The molecule has 0 amide bonds. The molecule has 0 bridgehead atoms. The van der Waals surface area contributed by atoms with E-state index in [1.807, 2.05) is 6.92 Å². The minimum atomic E-state index is -1.04. The number of aromatic nitrogens is 2. The molecule has 1 aromatic heterocycles. The Bertz CT molecular complexity index is 590. The normalized spacial score (nSPS) is 10.3. The fourth-order valence-electron chi connectivity index (χ4n) is 1.44. The van der Waals surface area contributed by atoms with Crippen molar-refractivity contribution in [3.8, 4) is 11.6 Å². The summed E-state index contributed by atoms with van der Waals surface area (Å²) in [7, 11) is 0. The van der Waals surface area contributed by atoms with Crippen LogP contribution in [0.2, 0.25) is 0 Å². The molecule has 2 aromatic rings. The van der Waals surface area contributed by atoms with Gasteiger partial charge in [0, 0.05) is 18.3 Å². The second-order valence-corrected chi connectivity index (χ2v) is 3.87. The van der Waals surface area contributed by atoms with Crippen LogP contribution in [0.15, 0.2) is 24.4 Å². The predicted molar refractivity (Wildman–Crippen MR) is 67.4 cm³/mol. The van der Waals surface area contributed by atoms with Gasteiger partial charge in [0.1, 0.15) is 0 Å². The average molecular weight is 265 g/mol. The van der Waals surface area contributed by atoms with Crippen LogP contribution in [0.3, 0.4) is 0 Å². The number of benzene rings is 1. The van der Waals surface area contributed by atoms with Gasteiger partial charge in [-0.2, -0.15) is 9.37 Å². The van der Waals surface area contributed by atoms with Gasteiger partial charge in [-0.15, -0.1) is 0 Å². The van der Waals surface area contributed by atoms with Crippen molar-refractivity contribution in [2.24, 2.45) is 0 Å². The molecule has 0 aliphatic rings. The lowest BCUT2D eigenvalue weighted by atomic mass is 10.3. The van der Waals surface area contributed by atoms with Crippen molar-refractivity contribution in [2.75, 3.05) is 11.9 Å². The molecule has 1 N–H and O–H groups in total. The van der Waals surface area contributed by atoms with E-state index in [0.717, 1.165) is 6.07 Å². The molecular weight excluding hydrogens is 252 g/mol. The maximum absolute atomic E-state index is 13.5. The number of hydrogen-bond donors (Lipinski definition) is 1. The first-order chi connectivity index (χ1) is 9.11. The zero-order valence-corrected chi connectivity index (χ0v) is 10.6. The Kier molecular flexibility index (Phi) is 3.89. The molecule has 6 heteroatoms. The monoisotopic (exact) mass is 265 g/mol. The van der Waals surface area contributed by atoms with Crippen molar-refractivity contribution in [3.63, 3.8) is 0 Å². The van der Waals surface area contributed by atoms with E-state index in [2.05, 4.69) is 15.3 Å². The van der Waals surface area contributed by atoms with Crippen molar-refractivity contribution in [1.82, 2.24) is 9.97 Å². The first kappa shape index (κ1) is 13.2. The van der Waals surface area contributed by atoms with Crippen molar-refractivity contribution < 1.29 is 13.5 Å². The van der Waals surface area contributed by atoms with Crippen molar-refractivity contribution in [3.05, 3.63) is 41.6 Å². The average Bonchev–Trinajstić information content (AvgIpc) is 2.39. The summed E-state index contributed by atoms with van der Waals surface area (Å²) >= 11 is 0. The van der Waals surface area contributed by atoms with Gasteiger partial charge in [0.05, 0.1) is 0 Å². The summed E-state index contributed by atoms with van der Waals surface area (Å²) in [6.07, 6.45) is 1.55. The first-order valence-corrected chi connectivity index (χ1v) is 5.81. The number of rotatable bonds is 4. The number of nitrogens with zero attached hydrogens (tertiary/aromatic N) is 2. The summed E-state index contributed by atoms with van der Waals surface area (Å²) in [5.41, 5.74) is 0.630. The fourth-order valence-corrected chi connectivity index (χ4v) is 1.44. The van der Waals surface area contributed by atoms with E-state index in [4.69, 9.17) is 4.74 Å². The van der Waals surface area contributed by atoms with Gasteiger partial charge >= 0.3 is 0 Å². The molecule has 0 atom stereocenters. The van der Waals surface area contributed by atoms with E-state index in [1.54, 1.807) is 13.1 Å². The third kappa shape index (κ3) is 2.96. The van der Waals surface area contributed by atoms with Gasteiger partial charge in [0.25, 0.3) is 0 Å². The summed E-state index contributed by atoms with van der Waals surface area (Å²) < 4.78 is 31.9. The molecule has 0 spiro atoms. The predicted octanol–water partition coefficient (Wildman–Crippen LogP) is 3.29. The van der Waals surface area contributed by atoms with Crippen molar-refractivity contribution in [1.29, 1.82) is 0 Å². The zero-order chi connectivity index (χ0) is 13.8. The highest BCUT2D eigenvalue weighted by Gasteiger charge is 2.12. The minimum Gasteiger partial charge on any atom is -0.435 e. The molecule has 0 aliphatic carbocycles. The molecule has 1 heterocycles. The molecule has 2 rings (SSSR count). The summed E-state index contributed by atoms with van der Waals surface area (Å²) in [4.78, 5) is 8.13. The third-order valence-corrected chi connectivity index (χ3v) is 2.38. The number of halogens is 2. The van der Waals surface area contributed by atoms with Crippen LogP contribution in [0.1, 0.15) is 12.5 Å². The molecule has 0 aliphatic heterocycles. The Labute approximate surface area is 109 Å². The highest BCUT2D eigenvalue weighted by Crippen LogP contribution is 2.26. The van der Waals surface area contributed by atoms with E-state index >= 15 is 0 Å². The molecule has 0 saturated carbocycles. The van der Waals surface area contributed by atoms with Crippen LogP contribution < -0.4 is 10.1 Å². The van der Waals surface area contributed by atoms with Crippen LogP contribution in [0.25, 0.3) is 0 Å². The number of nitrogens with one attached hydrogen (secondary N) is 1. The SMILES string of the molecule is CCNc1ncc(C)c(Oc2cccc(F)c2F)n1.